The van der Waals surface area contributed by atoms with Crippen molar-refractivity contribution in [3.05, 3.63) is 131 Å². The summed E-state index contributed by atoms with van der Waals surface area (Å²) in [6.45, 7) is 16.0. The van der Waals surface area contributed by atoms with Gasteiger partial charge in [0.1, 0.15) is 0 Å². The third kappa shape index (κ3) is 9.49. The number of ether oxygens (including phenoxy) is 2. The number of hydrogen-bond acceptors (Lipinski definition) is 2. The van der Waals surface area contributed by atoms with Crippen molar-refractivity contribution in [2.24, 2.45) is 0 Å². The van der Waals surface area contributed by atoms with Crippen molar-refractivity contribution in [2.45, 2.75) is 60.8 Å². The molecule has 2 nitrogen and oxygen atoms in total. The summed E-state index contributed by atoms with van der Waals surface area (Å²) in [5.74, 6) is 0. The Morgan fingerprint density at radius 3 is 0.872 bits per heavy atom. The van der Waals surface area contributed by atoms with Gasteiger partial charge in [0.25, 0.3) is 0 Å². The standard InChI is InChI=1S/C25H18.2C2H6O.4C2H6/c1-3-11-19(12-4-1)25(20-13-5-2-6-14-20)23-17-9-7-15-21(23)22-16-8-10-18-24(22)25;2*1-3-2;4*1-2/h1-18H;2*1-2H3;4*1-2H3. The quantitative estimate of drug-likeness (QED) is 0.226. The van der Waals surface area contributed by atoms with E-state index in [1.54, 1.807) is 28.4 Å². The van der Waals surface area contributed by atoms with E-state index in [4.69, 9.17) is 0 Å². The minimum Gasteiger partial charge on any atom is -0.388 e. The van der Waals surface area contributed by atoms with Gasteiger partial charge in [0, 0.05) is 28.4 Å². The van der Waals surface area contributed by atoms with Gasteiger partial charge in [-0.05, 0) is 33.4 Å². The number of benzene rings is 4. The first kappa shape index (κ1) is 37.9. The third-order valence-electron chi connectivity index (χ3n) is 5.37. The fourth-order valence-corrected chi connectivity index (χ4v) is 4.40. The molecule has 0 atom stereocenters. The molecule has 0 spiro atoms. The van der Waals surface area contributed by atoms with Crippen LogP contribution in [0, 0.1) is 0 Å². The summed E-state index contributed by atoms with van der Waals surface area (Å²) < 4.78 is 8.50. The fraction of sp³-hybridized carbons (Fsp3) is 0.351. The molecule has 2 heteroatoms. The van der Waals surface area contributed by atoms with Crippen LogP contribution in [0.2, 0.25) is 0 Å². The molecule has 0 heterocycles. The van der Waals surface area contributed by atoms with Gasteiger partial charge in [-0.3, -0.25) is 0 Å². The number of methoxy groups -OCH3 is 2. The Morgan fingerprint density at radius 2 is 0.590 bits per heavy atom. The van der Waals surface area contributed by atoms with Gasteiger partial charge in [0.15, 0.2) is 0 Å². The molecular formula is C37H54O2. The Balaban J connectivity index is 0. The number of fused-ring (bicyclic) bond motifs is 3. The lowest BCUT2D eigenvalue weighted by Crippen LogP contribution is -2.28. The first-order chi connectivity index (χ1) is 19.2. The van der Waals surface area contributed by atoms with Crippen LogP contribution < -0.4 is 0 Å². The van der Waals surface area contributed by atoms with E-state index in [2.05, 4.69) is 119 Å². The molecule has 0 aliphatic heterocycles. The monoisotopic (exact) mass is 530 g/mol. The smallest absolute Gasteiger partial charge is 0.0713 e. The van der Waals surface area contributed by atoms with Crippen molar-refractivity contribution >= 4 is 0 Å². The van der Waals surface area contributed by atoms with Crippen molar-refractivity contribution < 1.29 is 9.47 Å². The average Bonchev–Trinajstić information content (AvgIpc) is 3.34. The van der Waals surface area contributed by atoms with Gasteiger partial charge in [-0.1, -0.05) is 165 Å². The fourth-order valence-electron chi connectivity index (χ4n) is 4.40. The topological polar surface area (TPSA) is 18.5 Å². The Morgan fingerprint density at radius 1 is 0.359 bits per heavy atom. The minimum absolute atomic E-state index is 0.254. The lowest BCUT2D eigenvalue weighted by molar-refractivity contribution is 0.277. The summed E-state index contributed by atoms with van der Waals surface area (Å²) >= 11 is 0. The molecule has 214 valence electrons. The SMILES string of the molecule is CC.CC.CC.CC.COC.COC.c1ccc(C2(c3ccccc3)c3ccccc3-c3ccccc32)cc1. The van der Waals surface area contributed by atoms with Crippen molar-refractivity contribution in [2.75, 3.05) is 28.4 Å². The molecule has 0 saturated carbocycles. The van der Waals surface area contributed by atoms with E-state index in [9.17, 15) is 0 Å². The van der Waals surface area contributed by atoms with E-state index in [0.29, 0.717) is 0 Å². The van der Waals surface area contributed by atoms with Crippen molar-refractivity contribution in [3.63, 3.8) is 0 Å². The van der Waals surface area contributed by atoms with Crippen LogP contribution in [0.5, 0.6) is 0 Å². The van der Waals surface area contributed by atoms with Gasteiger partial charge in [-0.2, -0.15) is 0 Å². The normalized spacial score (nSPS) is 10.5. The minimum atomic E-state index is -0.254. The van der Waals surface area contributed by atoms with Crippen molar-refractivity contribution in [1.82, 2.24) is 0 Å². The summed E-state index contributed by atoms with van der Waals surface area (Å²) in [5.41, 5.74) is 7.80. The van der Waals surface area contributed by atoms with Crippen molar-refractivity contribution in [3.8, 4) is 11.1 Å². The molecule has 39 heavy (non-hydrogen) atoms. The van der Waals surface area contributed by atoms with Crippen LogP contribution in [-0.2, 0) is 14.9 Å². The number of hydrogen-bond donors (Lipinski definition) is 0. The molecule has 4 aromatic rings. The van der Waals surface area contributed by atoms with Crippen LogP contribution >= 0.6 is 0 Å². The second-order valence-electron chi connectivity index (χ2n) is 7.39. The maximum Gasteiger partial charge on any atom is 0.0713 e. The van der Waals surface area contributed by atoms with Gasteiger partial charge < -0.3 is 9.47 Å². The maximum absolute atomic E-state index is 4.25. The first-order valence-electron chi connectivity index (χ1n) is 14.4. The van der Waals surface area contributed by atoms with Crippen LogP contribution in [0.4, 0.5) is 0 Å². The van der Waals surface area contributed by atoms with Crippen LogP contribution in [0.15, 0.2) is 109 Å². The van der Waals surface area contributed by atoms with Crippen LogP contribution in [0.1, 0.15) is 77.6 Å². The van der Waals surface area contributed by atoms with E-state index in [-0.39, 0.29) is 5.41 Å². The summed E-state index contributed by atoms with van der Waals surface area (Å²) in [6.07, 6.45) is 0. The van der Waals surface area contributed by atoms with Crippen LogP contribution in [0.3, 0.4) is 0 Å². The molecule has 1 aliphatic carbocycles. The van der Waals surface area contributed by atoms with Crippen LogP contribution in [-0.4, -0.2) is 28.4 Å². The molecule has 0 fully saturated rings. The predicted molar refractivity (Wildman–Crippen MR) is 175 cm³/mol. The van der Waals surface area contributed by atoms with E-state index in [0.717, 1.165) is 0 Å². The molecule has 4 aromatic carbocycles. The molecule has 0 radical (unpaired) electrons. The zero-order chi connectivity index (χ0) is 30.1. The van der Waals surface area contributed by atoms with Gasteiger partial charge in [-0.25, -0.2) is 0 Å². The highest BCUT2D eigenvalue weighted by Gasteiger charge is 2.45. The third-order valence-corrected chi connectivity index (χ3v) is 5.37. The highest BCUT2D eigenvalue weighted by Crippen LogP contribution is 2.55. The molecule has 0 N–H and O–H groups in total. The zero-order valence-electron chi connectivity index (χ0n) is 26.7. The van der Waals surface area contributed by atoms with Gasteiger partial charge in [-0.15, -0.1) is 0 Å². The van der Waals surface area contributed by atoms with Crippen molar-refractivity contribution in [1.29, 1.82) is 0 Å². The Hall–Kier alpha value is -3.20. The molecule has 0 unspecified atom stereocenters. The average molecular weight is 531 g/mol. The van der Waals surface area contributed by atoms with E-state index in [1.165, 1.54) is 33.4 Å². The predicted octanol–water partition coefficient (Wildman–Crippen LogP) is 10.7. The Labute approximate surface area is 241 Å². The first-order valence-corrected chi connectivity index (χ1v) is 14.4. The summed E-state index contributed by atoms with van der Waals surface area (Å²) in [6, 6.07) is 39.5. The molecule has 0 amide bonds. The molecule has 1 aliphatic rings. The van der Waals surface area contributed by atoms with E-state index in [1.807, 2.05) is 55.4 Å². The molecular weight excluding hydrogens is 476 g/mol. The summed E-state index contributed by atoms with van der Waals surface area (Å²) in [4.78, 5) is 0. The van der Waals surface area contributed by atoms with Gasteiger partial charge in [0.05, 0.1) is 5.41 Å². The van der Waals surface area contributed by atoms with Gasteiger partial charge >= 0.3 is 0 Å². The summed E-state index contributed by atoms with van der Waals surface area (Å²) in [5, 5.41) is 0. The second kappa shape index (κ2) is 23.9. The molecule has 5 rings (SSSR count). The van der Waals surface area contributed by atoms with Crippen LogP contribution in [0.25, 0.3) is 11.1 Å². The summed E-state index contributed by atoms with van der Waals surface area (Å²) in [7, 11) is 6.50. The molecule has 0 aromatic heterocycles. The largest absolute Gasteiger partial charge is 0.388 e. The zero-order valence-corrected chi connectivity index (χ0v) is 26.7. The Kier molecular flexibility index (Phi) is 23.2. The van der Waals surface area contributed by atoms with E-state index >= 15 is 0 Å². The maximum atomic E-state index is 4.25. The van der Waals surface area contributed by atoms with Gasteiger partial charge in [0.2, 0.25) is 0 Å². The highest BCUT2D eigenvalue weighted by atomic mass is 16.5. The second-order valence-corrected chi connectivity index (χ2v) is 7.39. The molecule has 0 bridgehead atoms. The highest BCUT2D eigenvalue weighted by molar-refractivity contribution is 5.86. The number of rotatable bonds is 2. The lowest BCUT2D eigenvalue weighted by Gasteiger charge is -2.33. The lowest BCUT2D eigenvalue weighted by atomic mass is 9.68. The van der Waals surface area contributed by atoms with E-state index < -0.39 is 0 Å². The molecule has 0 saturated heterocycles. The Bertz CT molecular complexity index is 984.